The lowest BCUT2D eigenvalue weighted by atomic mass is 10.2. The van der Waals surface area contributed by atoms with Gasteiger partial charge in [0.1, 0.15) is 0 Å². The highest BCUT2D eigenvalue weighted by Gasteiger charge is 2.10. The van der Waals surface area contributed by atoms with E-state index in [1.54, 1.807) is 18.2 Å². The van der Waals surface area contributed by atoms with E-state index in [2.05, 4.69) is 5.32 Å². The van der Waals surface area contributed by atoms with Crippen molar-refractivity contribution in [3.63, 3.8) is 0 Å². The predicted molar refractivity (Wildman–Crippen MR) is 81.6 cm³/mol. The van der Waals surface area contributed by atoms with Crippen molar-refractivity contribution in [1.82, 2.24) is 0 Å². The molecule has 0 saturated carbocycles. The largest absolute Gasteiger partial charge is 0.380 e. The molecule has 7 heteroatoms. The molecule has 0 fully saturated rings. The number of rotatable bonds is 4. The Labute approximate surface area is 130 Å². The average Bonchev–Trinajstić information content (AvgIpc) is 2.47. The first kappa shape index (κ1) is 15.1. The first-order valence-electron chi connectivity index (χ1n) is 5.87. The number of benzene rings is 2. The summed E-state index contributed by atoms with van der Waals surface area (Å²) < 4.78 is 0. The number of anilines is 1. The smallest absolute Gasteiger partial charge is 0.269 e. The van der Waals surface area contributed by atoms with Gasteiger partial charge in [0.05, 0.1) is 27.3 Å². The molecule has 0 amide bonds. The van der Waals surface area contributed by atoms with Gasteiger partial charge in [-0.2, -0.15) is 5.26 Å². The zero-order chi connectivity index (χ0) is 15.4. The fourth-order valence-corrected chi connectivity index (χ4v) is 2.16. The first-order valence-corrected chi connectivity index (χ1v) is 6.63. The van der Waals surface area contributed by atoms with Gasteiger partial charge in [-0.05, 0) is 29.8 Å². The van der Waals surface area contributed by atoms with Crippen LogP contribution in [0, 0.1) is 21.4 Å². The lowest BCUT2D eigenvalue weighted by Crippen LogP contribution is -2.01. The molecule has 0 spiro atoms. The quantitative estimate of drug-likeness (QED) is 0.669. The van der Waals surface area contributed by atoms with E-state index in [1.807, 2.05) is 6.07 Å². The molecule has 0 aliphatic heterocycles. The normalized spacial score (nSPS) is 9.95. The van der Waals surface area contributed by atoms with Gasteiger partial charge < -0.3 is 5.32 Å². The summed E-state index contributed by atoms with van der Waals surface area (Å²) in [4.78, 5) is 10.3. The highest BCUT2D eigenvalue weighted by molar-refractivity contribution is 6.33. The van der Waals surface area contributed by atoms with Crippen LogP contribution in [-0.4, -0.2) is 4.92 Å². The van der Waals surface area contributed by atoms with Crippen molar-refractivity contribution in [2.75, 3.05) is 5.32 Å². The van der Waals surface area contributed by atoms with Gasteiger partial charge in [0.25, 0.3) is 5.69 Å². The Morgan fingerprint density at radius 1 is 1.19 bits per heavy atom. The van der Waals surface area contributed by atoms with Crippen LogP contribution in [0.1, 0.15) is 11.1 Å². The molecule has 0 unspecified atom stereocenters. The van der Waals surface area contributed by atoms with Gasteiger partial charge >= 0.3 is 0 Å². The molecule has 0 bridgehead atoms. The van der Waals surface area contributed by atoms with E-state index < -0.39 is 4.92 Å². The predicted octanol–water partition coefficient (Wildman–Crippen LogP) is 4.39. The Balaban J connectivity index is 2.18. The summed E-state index contributed by atoms with van der Waals surface area (Å²) in [5.41, 5.74) is 1.64. The number of hydrogen-bond acceptors (Lipinski definition) is 4. The van der Waals surface area contributed by atoms with Gasteiger partial charge in [-0.25, -0.2) is 0 Å². The van der Waals surface area contributed by atoms with E-state index in [0.717, 1.165) is 0 Å². The van der Waals surface area contributed by atoms with Gasteiger partial charge in [0.15, 0.2) is 0 Å². The van der Waals surface area contributed by atoms with Crippen LogP contribution < -0.4 is 5.32 Å². The molecule has 0 aromatic heterocycles. The minimum Gasteiger partial charge on any atom is -0.380 e. The summed E-state index contributed by atoms with van der Waals surface area (Å²) in [6.45, 7) is 0.284. The van der Waals surface area contributed by atoms with Crippen LogP contribution in [0.2, 0.25) is 10.0 Å². The fourth-order valence-electron chi connectivity index (χ4n) is 1.73. The van der Waals surface area contributed by atoms with E-state index >= 15 is 0 Å². The zero-order valence-corrected chi connectivity index (χ0v) is 12.1. The lowest BCUT2D eigenvalue weighted by Gasteiger charge is -2.10. The second kappa shape index (κ2) is 6.44. The molecule has 2 aromatic rings. The molecule has 0 atom stereocenters. The van der Waals surface area contributed by atoms with Crippen molar-refractivity contribution >= 4 is 34.6 Å². The maximum absolute atomic E-state index is 10.8. The summed E-state index contributed by atoms with van der Waals surface area (Å²) in [6.07, 6.45) is 0. The number of nitrogens with one attached hydrogen (secondary N) is 1. The van der Waals surface area contributed by atoms with Crippen LogP contribution in [0.25, 0.3) is 0 Å². The maximum atomic E-state index is 10.8. The SMILES string of the molecule is N#Cc1ccc(NCc2cc([N+](=O)[O-])ccc2Cl)c(Cl)c1. The van der Waals surface area contributed by atoms with Crippen molar-refractivity contribution in [2.24, 2.45) is 0 Å². The van der Waals surface area contributed by atoms with E-state index in [4.69, 9.17) is 28.5 Å². The van der Waals surface area contributed by atoms with Gasteiger partial charge in [-0.1, -0.05) is 23.2 Å². The zero-order valence-electron chi connectivity index (χ0n) is 10.6. The highest BCUT2D eigenvalue weighted by atomic mass is 35.5. The minimum absolute atomic E-state index is 0.0258. The minimum atomic E-state index is -0.478. The second-order valence-corrected chi connectivity index (χ2v) is 5.01. The van der Waals surface area contributed by atoms with Gasteiger partial charge in [0.2, 0.25) is 0 Å². The van der Waals surface area contributed by atoms with Crippen LogP contribution in [0.15, 0.2) is 36.4 Å². The molecule has 2 rings (SSSR count). The number of hydrogen-bond donors (Lipinski definition) is 1. The van der Waals surface area contributed by atoms with Crippen molar-refractivity contribution in [2.45, 2.75) is 6.54 Å². The molecule has 1 N–H and O–H groups in total. The van der Waals surface area contributed by atoms with E-state index in [1.165, 1.54) is 18.2 Å². The molecule has 2 aromatic carbocycles. The number of nitrogens with zero attached hydrogens (tertiary/aromatic N) is 2. The maximum Gasteiger partial charge on any atom is 0.269 e. The molecule has 0 aliphatic rings. The Hall–Kier alpha value is -2.29. The Morgan fingerprint density at radius 2 is 1.95 bits per heavy atom. The monoisotopic (exact) mass is 321 g/mol. The Morgan fingerprint density at radius 3 is 2.57 bits per heavy atom. The van der Waals surface area contributed by atoms with Gasteiger partial charge in [0, 0.05) is 23.7 Å². The van der Waals surface area contributed by atoms with Crippen molar-refractivity contribution < 1.29 is 4.92 Å². The number of nitro groups is 1. The third kappa shape index (κ3) is 3.63. The number of non-ortho nitro benzene ring substituents is 1. The summed E-state index contributed by atoms with van der Waals surface area (Å²) in [6, 6.07) is 11.1. The molecule has 0 saturated heterocycles. The number of halogens is 2. The van der Waals surface area contributed by atoms with Crippen LogP contribution >= 0.6 is 23.2 Å². The van der Waals surface area contributed by atoms with Crippen molar-refractivity contribution in [3.05, 3.63) is 67.7 Å². The summed E-state index contributed by atoms with van der Waals surface area (Å²) in [7, 11) is 0. The van der Waals surface area contributed by atoms with Crippen LogP contribution in [0.5, 0.6) is 0 Å². The van der Waals surface area contributed by atoms with E-state index in [-0.39, 0.29) is 12.2 Å². The number of nitriles is 1. The number of nitro benzene ring substituents is 1. The van der Waals surface area contributed by atoms with Crippen LogP contribution in [0.4, 0.5) is 11.4 Å². The lowest BCUT2D eigenvalue weighted by molar-refractivity contribution is -0.384. The van der Waals surface area contributed by atoms with E-state index in [0.29, 0.717) is 26.9 Å². The average molecular weight is 322 g/mol. The Bertz CT molecular complexity index is 741. The highest BCUT2D eigenvalue weighted by Crippen LogP contribution is 2.26. The molecule has 106 valence electrons. The molecule has 5 nitrogen and oxygen atoms in total. The molecule has 0 heterocycles. The van der Waals surface area contributed by atoms with Crippen LogP contribution in [0.3, 0.4) is 0 Å². The van der Waals surface area contributed by atoms with E-state index in [9.17, 15) is 10.1 Å². The molecular weight excluding hydrogens is 313 g/mol. The van der Waals surface area contributed by atoms with Crippen LogP contribution in [-0.2, 0) is 6.54 Å². The third-order valence-corrected chi connectivity index (χ3v) is 3.49. The second-order valence-electron chi connectivity index (χ2n) is 4.19. The topological polar surface area (TPSA) is 79.0 Å². The first-order chi connectivity index (χ1) is 10.0. The molecule has 0 aliphatic carbocycles. The van der Waals surface area contributed by atoms with Gasteiger partial charge in [-0.15, -0.1) is 0 Å². The summed E-state index contributed by atoms with van der Waals surface area (Å²) in [5, 5.41) is 23.4. The third-order valence-electron chi connectivity index (χ3n) is 2.81. The summed E-state index contributed by atoms with van der Waals surface area (Å²) >= 11 is 12.1. The van der Waals surface area contributed by atoms with Crippen molar-refractivity contribution in [1.29, 1.82) is 5.26 Å². The van der Waals surface area contributed by atoms with Crippen molar-refractivity contribution in [3.8, 4) is 6.07 Å². The molecule has 0 radical (unpaired) electrons. The molecule has 21 heavy (non-hydrogen) atoms. The summed E-state index contributed by atoms with van der Waals surface area (Å²) in [5.74, 6) is 0. The van der Waals surface area contributed by atoms with Gasteiger partial charge in [-0.3, -0.25) is 10.1 Å². The Kier molecular flexibility index (Phi) is 4.63. The fraction of sp³-hybridized carbons (Fsp3) is 0.0714. The standard InChI is InChI=1S/C14H9Cl2N3O2/c15-12-3-2-11(19(20)21)6-10(12)8-18-14-4-1-9(7-17)5-13(14)16/h1-6,18H,8H2. The molecular formula is C14H9Cl2N3O2.